The van der Waals surface area contributed by atoms with Crippen molar-refractivity contribution >= 4 is 35.5 Å². The Kier molecular flexibility index (Phi) is 6.50. The molecular weight excluding hydrogens is 517 g/mol. The molecule has 0 unspecified atom stereocenters. The maximum absolute atomic E-state index is 14.6. The summed E-state index contributed by atoms with van der Waals surface area (Å²) >= 11 is 12.0. The number of halogens is 6. The first-order valence-electron chi connectivity index (χ1n) is 9.48. The maximum atomic E-state index is 14.6. The van der Waals surface area contributed by atoms with Crippen LogP contribution in [0.25, 0.3) is 28.3 Å². The van der Waals surface area contributed by atoms with Crippen LogP contribution in [0.3, 0.4) is 0 Å². The van der Waals surface area contributed by atoms with Crippen molar-refractivity contribution in [2.45, 2.75) is 6.18 Å². The van der Waals surface area contributed by atoms with Crippen molar-refractivity contribution in [3.05, 3.63) is 75.8 Å². The number of nitrogens with zero attached hydrogens (tertiary/aromatic N) is 3. The molecule has 14 heteroatoms. The van der Waals surface area contributed by atoms with Gasteiger partial charge < -0.3 is 4.52 Å². The first kappa shape index (κ1) is 24.2. The van der Waals surface area contributed by atoms with Crippen LogP contribution >= 0.6 is 23.2 Å². The summed E-state index contributed by atoms with van der Waals surface area (Å²) in [6, 6.07) is 9.07. The van der Waals surface area contributed by atoms with Gasteiger partial charge in [-0.1, -0.05) is 40.5 Å². The summed E-state index contributed by atoms with van der Waals surface area (Å²) in [7, 11) is 0. The molecule has 2 aromatic heterocycles. The lowest BCUT2D eigenvalue weighted by atomic mass is 10.0. The van der Waals surface area contributed by atoms with Crippen molar-refractivity contribution in [2.75, 3.05) is 0 Å². The molecule has 0 fully saturated rings. The number of carbonyl (C=O) groups is 2. The maximum Gasteiger partial charge on any atom is 0.434 e. The van der Waals surface area contributed by atoms with E-state index in [1.807, 2.05) is 10.9 Å². The van der Waals surface area contributed by atoms with Crippen molar-refractivity contribution in [2.24, 2.45) is 0 Å². The summed E-state index contributed by atoms with van der Waals surface area (Å²) in [5, 5.41) is 7.40. The number of hydrogen-bond acceptors (Lipinski definition) is 5. The molecule has 0 saturated heterocycles. The van der Waals surface area contributed by atoms with Crippen molar-refractivity contribution in [3.63, 3.8) is 0 Å². The van der Waals surface area contributed by atoms with Gasteiger partial charge in [-0.2, -0.15) is 18.3 Å². The van der Waals surface area contributed by atoms with Gasteiger partial charge >= 0.3 is 6.18 Å². The van der Waals surface area contributed by atoms with E-state index in [-0.39, 0.29) is 22.1 Å². The van der Waals surface area contributed by atoms with Gasteiger partial charge in [0.25, 0.3) is 5.91 Å². The van der Waals surface area contributed by atoms with E-state index in [2.05, 4.69) is 10.3 Å². The second-order valence-electron chi connectivity index (χ2n) is 6.84. The van der Waals surface area contributed by atoms with Crippen LogP contribution in [0, 0.1) is 5.82 Å². The van der Waals surface area contributed by atoms with Gasteiger partial charge in [-0.15, -0.1) is 0 Å². The molecule has 35 heavy (non-hydrogen) atoms. The lowest BCUT2D eigenvalue weighted by Gasteiger charge is -2.13. The Morgan fingerprint density at radius 1 is 1.14 bits per heavy atom. The van der Waals surface area contributed by atoms with E-state index in [9.17, 15) is 27.2 Å². The van der Waals surface area contributed by atoms with Crippen LogP contribution in [0.5, 0.6) is 0 Å². The Bertz CT molecular complexity index is 1410. The molecule has 4 rings (SSSR count). The van der Waals surface area contributed by atoms with Gasteiger partial charge in [0.05, 0.1) is 28.0 Å². The highest BCUT2D eigenvalue weighted by Crippen LogP contribution is 2.43. The van der Waals surface area contributed by atoms with Crippen LogP contribution in [0.15, 0.2) is 53.2 Å². The molecule has 0 aliphatic rings. The van der Waals surface area contributed by atoms with Crippen LogP contribution in [0.2, 0.25) is 10.0 Å². The molecule has 0 saturated carbocycles. The number of hydrazine groups is 1. The zero-order chi connectivity index (χ0) is 25.3. The lowest BCUT2D eigenvalue weighted by Crippen LogP contribution is -2.36. The number of hydrogen-bond donors (Lipinski definition) is 2. The van der Waals surface area contributed by atoms with Gasteiger partial charge in [0.2, 0.25) is 6.41 Å². The zero-order valence-corrected chi connectivity index (χ0v) is 18.5. The monoisotopic (exact) mass is 527 g/mol. The molecule has 0 atom stereocenters. The average Bonchev–Trinajstić information content (AvgIpc) is 3.42. The molecule has 180 valence electrons. The van der Waals surface area contributed by atoms with Crippen molar-refractivity contribution < 1.29 is 31.7 Å². The third-order valence-corrected chi connectivity index (χ3v) is 5.25. The summed E-state index contributed by atoms with van der Waals surface area (Å²) < 4.78 is 62.9. The zero-order valence-electron chi connectivity index (χ0n) is 17.0. The molecule has 0 radical (unpaired) electrons. The second-order valence-corrected chi connectivity index (χ2v) is 7.69. The van der Waals surface area contributed by atoms with E-state index < -0.39 is 51.7 Å². The van der Waals surface area contributed by atoms with E-state index >= 15 is 0 Å². The third-order valence-electron chi connectivity index (χ3n) is 4.70. The number of aromatic nitrogens is 3. The largest absolute Gasteiger partial charge is 0.434 e. The Morgan fingerprint density at radius 2 is 1.89 bits per heavy atom. The van der Waals surface area contributed by atoms with Gasteiger partial charge in [-0.25, -0.2) is 9.07 Å². The predicted molar refractivity (Wildman–Crippen MR) is 116 cm³/mol. The molecule has 0 aliphatic heterocycles. The minimum absolute atomic E-state index is 0.0263. The van der Waals surface area contributed by atoms with Gasteiger partial charge in [0.15, 0.2) is 11.5 Å². The molecule has 8 nitrogen and oxygen atoms in total. The molecule has 0 spiro atoms. The molecular formula is C21H11Cl2F4N5O3. The molecule has 2 N–H and O–H groups in total. The minimum atomic E-state index is -4.99. The fourth-order valence-corrected chi connectivity index (χ4v) is 3.76. The van der Waals surface area contributed by atoms with Crippen LogP contribution in [0.4, 0.5) is 17.6 Å². The molecule has 2 amide bonds. The number of nitrogens with one attached hydrogen (secondary N) is 2. The van der Waals surface area contributed by atoms with Crippen LogP contribution in [-0.4, -0.2) is 27.3 Å². The smallest absolute Gasteiger partial charge is 0.355 e. The minimum Gasteiger partial charge on any atom is -0.355 e. The van der Waals surface area contributed by atoms with Crippen LogP contribution in [-0.2, 0) is 11.0 Å². The summed E-state index contributed by atoms with van der Waals surface area (Å²) in [6.45, 7) is 0. The normalized spacial score (nSPS) is 11.4. The van der Waals surface area contributed by atoms with E-state index in [4.69, 9.17) is 27.7 Å². The predicted octanol–water partition coefficient (Wildman–Crippen LogP) is 5.05. The van der Waals surface area contributed by atoms with Gasteiger partial charge in [0, 0.05) is 5.02 Å². The summed E-state index contributed by atoms with van der Waals surface area (Å²) in [4.78, 5) is 23.5. The fraction of sp³-hybridized carbons (Fsp3) is 0.0476. The van der Waals surface area contributed by atoms with Crippen molar-refractivity contribution in [1.29, 1.82) is 0 Å². The van der Waals surface area contributed by atoms with Crippen LogP contribution < -0.4 is 10.9 Å². The summed E-state index contributed by atoms with van der Waals surface area (Å²) in [5.41, 5.74) is 0.290. The first-order chi connectivity index (χ1) is 16.6. The highest BCUT2D eigenvalue weighted by Gasteiger charge is 2.42. The van der Waals surface area contributed by atoms with E-state index in [0.717, 1.165) is 12.3 Å². The van der Waals surface area contributed by atoms with E-state index in [0.29, 0.717) is 4.68 Å². The standard InChI is InChI=1S/C21H11Cl2F4N5O3/c22-10-3-1-4-11(7-10)32-19(21(25,26)27)12(8-29-32)18-16(20(34)30-28-9-33)17(31-35-18)15-13(23)5-2-6-14(15)24/h1-9H,(H,28,33)(H,30,34). The highest BCUT2D eigenvalue weighted by atomic mass is 35.5. The first-order valence-corrected chi connectivity index (χ1v) is 10.2. The number of benzene rings is 2. The molecule has 4 aromatic rings. The fourth-order valence-electron chi connectivity index (χ4n) is 3.33. The number of amides is 2. The summed E-state index contributed by atoms with van der Waals surface area (Å²) in [5.74, 6) is -2.75. The van der Waals surface area contributed by atoms with E-state index in [1.165, 1.54) is 36.4 Å². The number of alkyl halides is 3. The lowest BCUT2D eigenvalue weighted by molar-refractivity contribution is -0.142. The Balaban J connectivity index is 2.00. The highest BCUT2D eigenvalue weighted by molar-refractivity contribution is 6.33. The number of rotatable bonds is 6. The Hall–Kier alpha value is -3.90. The average molecular weight is 528 g/mol. The Labute approximate surface area is 203 Å². The van der Waals surface area contributed by atoms with Crippen molar-refractivity contribution in [1.82, 2.24) is 25.8 Å². The Morgan fingerprint density at radius 3 is 2.54 bits per heavy atom. The topological polar surface area (TPSA) is 102 Å². The molecule has 2 aromatic carbocycles. The third kappa shape index (κ3) is 4.57. The van der Waals surface area contributed by atoms with E-state index in [1.54, 1.807) is 0 Å². The SMILES string of the molecule is O=CNNC(=O)c1c(-c2c(F)cccc2Cl)noc1-c1cnn(-c2cccc(Cl)c2)c1C(F)(F)F. The van der Waals surface area contributed by atoms with Crippen molar-refractivity contribution in [3.8, 4) is 28.3 Å². The second kappa shape index (κ2) is 9.39. The molecule has 0 aliphatic carbocycles. The van der Waals surface area contributed by atoms with Gasteiger partial charge in [-0.3, -0.25) is 20.4 Å². The van der Waals surface area contributed by atoms with Gasteiger partial charge in [-0.05, 0) is 30.3 Å². The van der Waals surface area contributed by atoms with Crippen LogP contribution in [0.1, 0.15) is 16.1 Å². The quantitative estimate of drug-likeness (QED) is 0.207. The summed E-state index contributed by atoms with van der Waals surface area (Å²) in [6.07, 6.45) is -4.08. The molecule has 0 bridgehead atoms. The number of carbonyl (C=O) groups excluding carboxylic acids is 2. The molecule has 2 heterocycles. The van der Waals surface area contributed by atoms with Gasteiger partial charge in [0.1, 0.15) is 17.1 Å².